The predicted octanol–water partition coefficient (Wildman–Crippen LogP) is 7.52. The van der Waals surface area contributed by atoms with Gasteiger partial charge in [-0.3, -0.25) is 10.2 Å². The number of halogens is 6. The Kier molecular flexibility index (Phi) is 7.97. The molecule has 1 aliphatic heterocycles. The Morgan fingerprint density at radius 3 is 1.95 bits per heavy atom. The minimum atomic E-state index is -4.95. The van der Waals surface area contributed by atoms with Gasteiger partial charge < -0.3 is 4.57 Å². The number of benzene rings is 1. The van der Waals surface area contributed by atoms with Gasteiger partial charge in [-0.1, -0.05) is 25.7 Å². The Bertz CT molecular complexity index is 1090. The highest BCUT2D eigenvalue weighted by Crippen LogP contribution is 2.41. The summed E-state index contributed by atoms with van der Waals surface area (Å²) < 4.78 is 83.7. The molecule has 1 aliphatic carbocycles. The van der Waals surface area contributed by atoms with Crippen LogP contribution in [-0.4, -0.2) is 28.6 Å². The van der Waals surface area contributed by atoms with Crippen LogP contribution in [0.5, 0.6) is 0 Å². The molecule has 0 atom stereocenters. The predicted molar refractivity (Wildman–Crippen MR) is 129 cm³/mol. The Labute approximate surface area is 213 Å². The highest BCUT2D eigenvalue weighted by atomic mass is 19.4. The van der Waals surface area contributed by atoms with E-state index in [1.807, 2.05) is 5.01 Å². The summed E-state index contributed by atoms with van der Waals surface area (Å²) in [6, 6.07) is 1.67. The lowest BCUT2D eigenvalue weighted by molar-refractivity contribution is -0.143. The summed E-state index contributed by atoms with van der Waals surface area (Å²) in [6.07, 6.45) is -1.91. The highest BCUT2D eigenvalue weighted by Gasteiger charge is 2.38. The van der Waals surface area contributed by atoms with E-state index in [0.29, 0.717) is 36.5 Å². The number of nitrogens with one attached hydrogen (secondary N) is 1. The molecule has 0 bridgehead atoms. The van der Waals surface area contributed by atoms with E-state index < -0.39 is 23.5 Å². The number of hydrazine groups is 1. The molecule has 1 aromatic carbocycles. The number of piperidine rings is 1. The summed E-state index contributed by atoms with van der Waals surface area (Å²) in [5.74, 6) is -0.146. The van der Waals surface area contributed by atoms with Crippen LogP contribution in [0.1, 0.15) is 84.1 Å². The van der Waals surface area contributed by atoms with Crippen LogP contribution in [0.3, 0.4) is 0 Å². The van der Waals surface area contributed by atoms with Crippen LogP contribution < -0.4 is 5.43 Å². The van der Waals surface area contributed by atoms with Gasteiger partial charge in [-0.2, -0.15) is 26.3 Å². The van der Waals surface area contributed by atoms with Crippen LogP contribution in [0.15, 0.2) is 18.2 Å². The maximum atomic E-state index is 13.7. The van der Waals surface area contributed by atoms with E-state index in [-0.39, 0.29) is 29.1 Å². The number of amides is 1. The third kappa shape index (κ3) is 6.16. The van der Waals surface area contributed by atoms with Gasteiger partial charge in [0.25, 0.3) is 5.91 Å². The van der Waals surface area contributed by atoms with E-state index in [4.69, 9.17) is 0 Å². The lowest BCUT2D eigenvalue weighted by Crippen LogP contribution is -2.45. The normalized spacial score (nSPS) is 18.3. The van der Waals surface area contributed by atoms with Gasteiger partial charge in [0.15, 0.2) is 0 Å². The molecule has 2 aromatic rings. The number of carbonyl (C=O) groups excluding carboxylic acids is 1. The zero-order valence-electron chi connectivity index (χ0n) is 21.2. The Hall–Kier alpha value is -2.49. The lowest BCUT2D eigenvalue weighted by atomic mass is 9.89. The van der Waals surface area contributed by atoms with Gasteiger partial charge in [0, 0.05) is 25.3 Å². The smallest absolute Gasteiger partial charge is 0.344 e. The van der Waals surface area contributed by atoms with Gasteiger partial charge in [0.1, 0.15) is 0 Å². The van der Waals surface area contributed by atoms with Gasteiger partial charge in [0.05, 0.1) is 22.4 Å². The van der Waals surface area contributed by atoms with Gasteiger partial charge in [-0.25, -0.2) is 5.01 Å². The molecule has 10 heteroatoms. The number of carbonyl (C=O) groups is 1. The number of hydrogen-bond donors (Lipinski definition) is 1. The quantitative estimate of drug-likeness (QED) is 0.407. The molecule has 4 nitrogen and oxygen atoms in total. The maximum absolute atomic E-state index is 13.7. The molecular formula is C27H33F6N3O. The Morgan fingerprint density at radius 2 is 1.41 bits per heavy atom. The monoisotopic (exact) mass is 529 g/mol. The molecule has 1 N–H and O–H groups in total. The van der Waals surface area contributed by atoms with Crippen LogP contribution in [0.25, 0.3) is 11.3 Å². The third-order valence-electron chi connectivity index (χ3n) is 7.64. The van der Waals surface area contributed by atoms with E-state index in [1.54, 1.807) is 18.4 Å². The molecular weight excluding hydrogens is 496 g/mol. The largest absolute Gasteiger partial charge is 0.416 e. The van der Waals surface area contributed by atoms with Crippen molar-refractivity contribution >= 4 is 5.91 Å². The first kappa shape index (κ1) is 27.5. The van der Waals surface area contributed by atoms with Crippen LogP contribution in [0.4, 0.5) is 26.3 Å². The zero-order chi connectivity index (χ0) is 27.0. The van der Waals surface area contributed by atoms with E-state index in [9.17, 15) is 31.1 Å². The second-order valence-corrected chi connectivity index (χ2v) is 10.3. The Morgan fingerprint density at radius 1 is 0.865 bits per heavy atom. The van der Waals surface area contributed by atoms with Crippen LogP contribution in [0, 0.1) is 19.8 Å². The molecule has 2 aliphatic rings. The summed E-state index contributed by atoms with van der Waals surface area (Å²) in [5, 5.41) is 1.83. The first-order valence-electron chi connectivity index (χ1n) is 12.9. The molecule has 0 unspecified atom stereocenters. The fourth-order valence-corrected chi connectivity index (χ4v) is 5.75. The highest BCUT2D eigenvalue weighted by molar-refractivity contribution is 5.98. The minimum Gasteiger partial charge on any atom is -0.344 e. The fraction of sp³-hybridized carbons (Fsp3) is 0.593. The van der Waals surface area contributed by atoms with Crippen molar-refractivity contribution in [2.24, 2.45) is 5.92 Å². The van der Waals surface area contributed by atoms with Gasteiger partial charge in [0.2, 0.25) is 0 Å². The minimum absolute atomic E-state index is 0.143. The first-order chi connectivity index (χ1) is 17.4. The molecule has 1 aromatic heterocycles. The molecule has 0 radical (unpaired) electrons. The van der Waals surface area contributed by atoms with Crippen LogP contribution in [-0.2, 0) is 18.9 Å². The standard InChI is InChI=1S/C27H33F6N3O/c1-17-23(25(37)34-35-11-7-4-8-12-35)18(2)36(16-19-9-5-3-6-10-19)24(17)20-13-21(26(28,29)30)15-22(14-20)27(31,32)33/h13-15,19H,3-12,16H2,1-2H3,(H,34,37). The summed E-state index contributed by atoms with van der Waals surface area (Å²) in [5.41, 5.74) is 1.48. The number of alkyl halides is 6. The van der Waals surface area contributed by atoms with Gasteiger partial charge in [-0.15, -0.1) is 0 Å². The summed E-state index contributed by atoms with van der Waals surface area (Å²) >= 11 is 0. The van der Waals surface area contributed by atoms with Crippen molar-refractivity contribution in [3.8, 4) is 11.3 Å². The van der Waals surface area contributed by atoms with E-state index in [1.165, 1.54) is 0 Å². The van der Waals surface area contributed by atoms with Crippen molar-refractivity contribution in [2.75, 3.05) is 13.1 Å². The van der Waals surface area contributed by atoms with Crippen molar-refractivity contribution in [3.63, 3.8) is 0 Å². The van der Waals surface area contributed by atoms with Gasteiger partial charge in [-0.05, 0) is 74.8 Å². The molecule has 0 spiro atoms. The van der Waals surface area contributed by atoms with Crippen LogP contribution >= 0.6 is 0 Å². The second-order valence-electron chi connectivity index (χ2n) is 10.3. The third-order valence-corrected chi connectivity index (χ3v) is 7.64. The number of nitrogens with zero attached hydrogens (tertiary/aromatic N) is 2. The number of rotatable bonds is 5. The average molecular weight is 530 g/mol. The maximum Gasteiger partial charge on any atom is 0.416 e. The summed E-state index contributed by atoms with van der Waals surface area (Å²) in [6.45, 7) is 5.17. The second kappa shape index (κ2) is 10.7. The zero-order valence-corrected chi connectivity index (χ0v) is 21.2. The molecule has 4 rings (SSSR count). The molecule has 2 fully saturated rings. The fourth-order valence-electron chi connectivity index (χ4n) is 5.75. The van der Waals surface area contributed by atoms with Crippen molar-refractivity contribution in [2.45, 2.75) is 84.1 Å². The SMILES string of the molecule is Cc1c(C(=O)NN2CCCCC2)c(C)n(CC2CCCCC2)c1-c1cc(C(F)(F)F)cc(C(F)(F)F)c1. The average Bonchev–Trinajstić information content (AvgIpc) is 3.08. The van der Waals surface area contributed by atoms with Crippen molar-refractivity contribution in [1.29, 1.82) is 0 Å². The van der Waals surface area contributed by atoms with E-state index >= 15 is 0 Å². The summed E-state index contributed by atoms with van der Waals surface area (Å²) in [7, 11) is 0. The molecule has 204 valence electrons. The topological polar surface area (TPSA) is 37.3 Å². The molecule has 1 saturated heterocycles. The lowest BCUT2D eigenvalue weighted by Gasteiger charge is -2.27. The molecule has 2 heterocycles. The molecule has 37 heavy (non-hydrogen) atoms. The number of aromatic nitrogens is 1. The van der Waals surface area contributed by atoms with Crippen molar-refractivity contribution < 1.29 is 31.1 Å². The van der Waals surface area contributed by atoms with Crippen molar-refractivity contribution in [3.05, 3.63) is 46.1 Å². The van der Waals surface area contributed by atoms with E-state index in [2.05, 4.69) is 5.43 Å². The van der Waals surface area contributed by atoms with Gasteiger partial charge >= 0.3 is 12.4 Å². The summed E-state index contributed by atoms with van der Waals surface area (Å²) in [4.78, 5) is 13.4. The van der Waals surface area contributed by atoms with Crippen LogP contribution in [0.2, 0.25) is 0 Å². The Balaban J connectivity index is 1.85. The van der Waals surface area contributed by atoms with Crippen molar-refractivity contribution in [1.82, 2.24) is 15.0 Å². The first-order valence-corrected chi connectivity index (χ1v) is 12.9. The van der Waals surface area contributed by atoms with E-state index in [0.717, 1.165) is 63.5 Å². The molecule has 1 saturated carbocycles. The molecule has 1 amide bonds. The number of hydrogen-bond acceptors (Lipinski definition) is 2.